The third kappa shape index (κ3) is 4.36. The van der Waals surface area contributed by atoms with E-state index >= 15 is 0 Å². The highest BCUT2D eigenvalue weighted by molar-refractivity contribution is 8.14. The Labute approximate surface area is 202 Å². The van der Waals surface area contributed by atoms with Crippen molar-refractivity contribution in [2.24, 2.45) is 5.10 Å². The maximum absolute atomic E-state index is 12.5. The second-order valence-corrected chi connectivity index (χ2v) is 9.44. The highest BCUT2D eigenvalue weighted by Gasteiger charge is 2.44. The second kappa shape index (κ2) is 9.17. The third-order valence-electron chi connectivity index (χ3n) is 6.10. The van der Waals surface area contributed by atoms with Crippen molar-refractivity contribution < 1.29 is 9.53 Å². The van der Waals surface area contributed by atoms with Gasteiger partial charge in [-0.25, -0.2) is 5.43 Å². The summed E-state index contributed by atoms with van der Waals surface area (Å²) in [5, 5.41) is 11.0. The normalized spacial score (nSPS) is 23.0. The number of ether oxygens (including phenoxy) is 1. The number of hydrazine groups is 1. The predicted molar refractivity (Wildman–Crippen MR) is 132 cm³/mol. The molecule has 0 saturated carbocycles. The van der Waals surface area contributed by atoms with Gasteiger partial charge < -0.3 is 20.0 Å². The van der Waals surface area contributed by atoms with Crippen LogP contribution in [0.4, 0.5) is 5.69 Å². The smallest absolute Gasteiger partial charge is 0.234 e. The number of benzene rings is 2. The maximum Gasteiger partial charge on any atom is 0.234 e. The molecule has 5 rings (SSSR count). The number of halogens is 1. The maximum atomic E-state index is 12.5. The number of rotatable bonds is 5. The van der Waals surface area contributed by atoms with Crippen molar-refractivity contribution in [1.82, 2.24) is 20.8 Å². The summed E-state index contributed by atoms with van der Waals surface area (Å²) in [5.41, 5.74) is 9.62. The number of carbonyl (C=O) groups excluding carboxylic acids is 1. The summed E-state index contributed by atoms with van der Waals surface area (Å²) in [6.45, 7) is 1.89. The zero-order valence-electron chi connectivity index (χ0n) is 18.3. The van der Waals surface area contributed by atoms with Crippen LogP contribution >= 0.6 is 23.4 Å². The van der Waals surface area contributed by atoms with Crippen molar-refractivity contribution in [3.63, 3.8) is 0 Å². The molecule has 0 spiro atoms. The highest BCUT2D eigenvalue weighted by Crippen LogP contribution is 2.35. The van der Waals surface area contributed by atoms with Gasteiger partial charge in [-0.3, -0.25) is 10.2 Å². The number of carbonyl (C=O) groups is 1. The van der Waals surface area contributed by atoms with Crippen LogP contribution < -0.4 is 20.9 Å². The molecule has 172 valence electrons. The molecular formula is C23H25ClN6O2S. The summed E-state index contributed by atoms with van der Waals surface area (Å²) in [5.74, 6) is 1.01. The predicted octanol–water partition coefficient (Wildman–Crippen LogP) is 3.64. The van der Waals surface area contributed by atoms with Gasteiger partial charge in [0, 0.05) is 23.1 Å². The molecule has 10 heteroatoms. The number of hydrazone groups is 1. The molecule has 0 aliphatic carbocycles. The zero-order chi connectivity index (χ0) is 22.9. The molecule has 1 amide bonds. The molecule has 0 bridgehead atoms. The van der Waals surface area contributed by atoms with Crippen molar-refractivity contribution in [2.45, 2.75) is 31.6 Å². The summed E-state index contributed by atoms with van der Waals surface area (Å²) < 4.78 is 5.27. The molecule has 3 heterocycles. The molecule has 33 heavy (non-hydrogen) atoms. The molecule has 3 aliphatic rings. The minimum atomic E-state index is -0.0961. The number of amidine groups is 1. The average Bonchev–Trinajstić information content (AvgIpc) is 3.45. The van der Waals surface area contributed by atoms with Gasteiger partial charge in [-0.15, -0.1) is 0 Å². The van der Waals surface area contributed by atoms with Gasteiger partial charge in [-0.1, -0.05) is 41.6 Å². The van der Waals surface area contributed by atoms with Crippen LogP contribution in [-0.4, -0.2) is 46.1 Å². The minimum absolute atomic E-state index is 0.00600. The van der Waals surface area contributed by atoms with Crippen molar-refractivity contribution in [2.75, 3.05) is 18.2 Å². The van der Waals surface area contributed by atoms with E-state index in [0.717, 1.165) is 28.6 Å². The lowest BCUT2D eigenvalue weighted by atomic mass is 10.00. The van der Waals surface area contributed by atoms with Crippen LogP contribution in [0.2, 0.25) is 5.02 Å². The van der Waals surface area contributed by atoms with Gasteiger partial charge in [0.05, 0.1) is 24.9 Å². The Morgan fingerprint density at radius 3 is 2.88 bits per heavy atom. The number of hydrogen-bond acceptors (Lipinski definition) is 8. The lowest BCUT2D eigenvalue weighted by molar-refractivity contribution is -0.113. The third-order valence-corrected chi connectivity index (χ3v) is 7.47. The molecule has 1 fully saturated rings. The van der Waals surface area contributed by atoms with Gasteiger partial charge in [0.15, 0.2) is 5.17 Å². The largest absolute Gasteiger partial charge is 0.497 e. The highest BCUT2D eigenvalue weighted by atomic mass is 35.5. The van der Waals surface area contributed by atoms with Crippen LogP contribution in [0.3, 0.4) is 0 Å². The molecule has 0 aromatic heterocycles. The number of hydrogen-bond donors (Lipinski definition) is 3. The Balaban J connectivity index is 1.18. The van der Waals surface area contributed by atoms with Crippen LogP contribution in [0, 0.1) is 6.92 Å². The monoisotopic (exact) mass is 484 g/mol. The Morgan fingerprint density at radius 1 is 1.27 bits per heavy atom. The van der Waals surface area contributed by atoms with Gasteiger partial charge in [0.25, 0.3) is 0 Å². The fourth-order valence-electron chi connectivity index (χ4n) is 4.26. The SMILES string of the molecule is COc1ccc(C2CC3C4NN=C(SCC(=O)Nc5cccc(Cl)c5C)N4C=CN3N2)cc1. The van der Waals surface area contributed by atoms with E-state index in [9.17, 15) is 4.79 Å². The van der Waals surface area contributed by atoms with Gasteiger partial charge in [-0.05, 0) is 48.7 Å². The van der Waals surface area contributed by atoms with Gasteiger partial charge in [0.1, 0.15) is 11.9 Å². The molecule has 0 radical (unpaired) electrons. The first-order valence-corrected chi connectivity index (χ1v) is 12.1. The first-order chi connectivity index (χ1) is 16.0. The van der Waals surface area contributed by atoms with Crippen LogP contribution in [0.15, 0.2) is 60.0 Å². The summed E-state index contributed by atoms with van der Waals surface area (Å²) in [6.07, 6.45) is 4.96. The topological polar surface area (TPSA) is 81.2 Å². The number of nitrogens with zero attached hydrogens (tertiary/aromatic N) is 3. The molecule has 8 nitrogen and oxygen atoms in total. The molecule has 3 atom stereocenters. The van der Waals surface area contributed by atoms with Crippen molar-refractivity contribution in [3.05, 3.63) is 71.0 Å². The number of methoxy groups -OCH3 is 1. The van der Waals surface area contributed by atoms with Gasteiger partial charge in [0.2, 0.25) is 5.91 Å². The van der Waals surface area contributed by atoms with E-state index in [1.54, 1.807) is 7.11 Å². The first-order valence-electron chi connectivity index (χ1n) is 10.7. The Hall–Kier alpha value is -2.88. The Kier molecular flexibility index (Phi) is 6.09. The van der Waals surface area contributed by atoms with Crippen molar-refractivity contribution >= 4 is 40.1 Å². The van der Waals surface area contributed by atoms with E-state index in [4.69, 9.17) is 16.3 Å². The standard InChI is InChI=1S/C23H25ClN6O2S/c1-14-17(24)4-3-5-18(14)25-21(31)13-33-23-27-26-22-20-12-19(28-30(20)11-10-29(22)23)15-6-8-16(32-2)9-7-15/h3-11,19-20,22,26,28H,12-13H2,1-2H3,(H,25,31). The number of fused-ring (bicyclic) bond motifs is 3. The fraction of sp³-hybridized carbons (Fsp3) is 0.304. The van der Waals surface area contributed by atoms with E-state index in [0.29, 0.717) is 5.02 Å². The van der Waals surface area contributed by atoms with Crippen molar-refractivity contribution in [3.8, 4) is 5.75 Å². The molecule has 2 aromatic carbocycles. The van der Waals surface area contributed by atoms with Gasteiger partial charge in [-0.2, -0.15) is 5.10 Å². The summed E-state index contributed by atoms with van der Waals surface area (Å²) in [4.78, 5) is 14.6. The van der Waals surface area contributed by atoms with E-state index in [1.807, 2.05) is 49.7 Å². The van der Waals surface area contributed by atoms with Crippen molar-refractivity contribution in [1.29, 1.82) is 0 Å². The fourth-order valence-corrected chi connectivity index (χ4v) is 5.21. The van der Waals surface area contributed by atoms with E-state index in [-0.39, 0.29) is 29.9 Å². The quantitative estimate of drug-likeness (QED) is 0.597. The van der Waals surface area contributed by atoms with E-state index in [2.05, 4.69) is 43.3 Å². The van der Waals surface area contributed by atoms with Crippen LogP contribution in [0.5, 0.6) is 5.75 Å². The van der Waals surface area contributed by atoms with E-state index < -0.39 is 0 Å². The molecule has 2 aromatic rings. The zero-order valence-corrected chi connectivity index (χ0v) is 19.9. The molecule has 3 unspecified atom stereocenters. The second-order valence-electron chi connectivity index (χ2n) is 8.09. The Bertz CT molecular complexity index is 1110. The number of nitrogens with one attached hydrogen (secondary N) is 3. The van der Waals surface area contributed by atoms with E-state index in [1.165, 1.54) is 17.3 Å². The van der Waals surface area contributed by atoms with Crippen LogP contribution in [-0.2, 0) is 4.79 Å². The molecule has 3 N–H and O–H groups in total. The van der Waals surface area contributed by atoms with Gasteiger partial charge >= 0.3 is 0 Å². The van der Waals surface area contributed by atoms with Crippen LogP contribution in [0.1, 0.15) is 23.6 Å². The summed E-state index contributed by atoms with van der Waals surface area (Å²) >= 11 is 7.56. The first kappa shape index (κ1) is 21.9. The summed E-state index contributed by atoms with van der Waals surface area (Å²) in [6, 6.07) is 14.0. The number of thioether (sulfide) groups is 1. The molecule has 1 saturated heterocycles. The summed E-state index contributed by atoms with van der Waals surface area (Å²) in [7, 11) is 1.67. The average molecular weight is 485 g/mol. The molecular weight excluding hydrogens is 460 g/mol. The lowest BCUT2D eigenvalue weighted by Crippen LogP contribution is -2.54. The van der Waals surface area contributed by atoms with Crippen LogP contribution in [0.25, 0.3) is 0 Å². The Morgan fingerprint density at radius 2 is 2.09 bits per heavy atom. The minimum Gasteiger partial charge on any atom is -0.497 e. The lowest BCUT2D eigenvalue weighted by Gasteiger charge is -2.36. The number of anilines is 1. The number of amides is 1. The molecule has 3 aliphatic heterocycles.